The predicted octanol–water partition coefficient (Wildman–Crippen LogP) is 4.78. The maximum Gasteiger partial charge on any atom is 0.246 e. The zero-order valence-electron chi connectivity index (χ0n) is 21.4. The molecule has 8 nitrogen and oxygen atoms in total. The van der Waals surface area contributed by atoms with E-state index in [1.54, 1.807) is 19.1 Å². The molecule has 0 saturated heterocycles. The number of methoxy groups -OCH3 is 2. The number of anilines is 1. The van der Waals surface area contributed by atoms with Gasteiger partial charge < -0.3 is 14.4 Å². The third kappa shape index (κ3) is 6.44. The number of carbonyl (C=O) groups excluding carboxylic acids is 2. The van der Waals surface area contributed by atoms with E-state index in [1.807, 2.05) is 73.1 Å². The standard InChI is InChI=1S/C28H34N4O4/c1-19(2)14-27(34)31(16-20-8-9-20)18-26(33)30-28-29-25(21-6-5-7-24(15-21)36-4)17-32(28)22-10-12-23(35-3)13-11-22/h5-7,10-13,15,17,19-20H,8-9,14,16,18H2,1-4H3,(H,29,30,33). The molecule has 0 radical (unpaired) electrons. The van der Waals surface area contributed by atoms with Gasteiger partial charge in [-0.2, -0.15) is 0 Å². The molecule has 0 bridgehead atoms. The summed E-state index contributed by atoms with van der Waals surface area (Å²) in [5.74, 6) is 2.31. The smallest absolute Gasteiger partial charge is 0.246 e. The number of hydrogen-bond acceptors (Lipinski definition) is 5. The van der Waals surface area contributed by atoms with E-state index >= 15 is 0 Å². The molecular formula is C28H34N4O4. The molecule has 1 heterocycles. The molecule has 1 aromatic heterocycles. The van der Waals surface area contributed by atoms with Gasteiger partial charge in [-0.1, -0.05) is 26.0 Å². The Balaban J connectivity index is 1.60. The fraction of sp³-hybridized carbons (Fsp3) is 0.393. The van der Waals surface area contributed by atoms with Crippen LogP contribution in [-0.2, 0) is 9.59 Å². The van der Waals surface area contributed by atoms with Crippen LogP contribution in [0, 0.1) is 11.8 Å². The van der Waals surface area contributed by atoms with E-state index in [9.17, 15) is 9.59 Å². The molecule has 190 valence electrons. The van der Waals surface area contributed by atoms with Gasteiger partial charge in [0.1, 0.15) is 11.5 Å². The monoisotopic (exact) mass is 490 g/mol. The van der Waals surface area contributed by atoms with Crippen LogP contribution >= 0.6 is 0 Å². The third-order valence-corrected chi connectivity index (χ3v) is 6.12. The van der Waals surface area contributed by atoms with Gasteiger partial charge >= 0.3 is 0 Å². The normalized spacial score (nSPS) is 12.9. The van der Waals surface area contributed by atoms with E-state index in [2.05, 4.69) is 5.32 Å². The number of rotatable bonds is 11. The van der Waals surface area contributed by atoms with E-state index in [1.165, 1.54) is 0 Å². The Hall–Kier alpha value is -3.81. The van der Waals surface area contributed by atoms with Crippen molar-refractivity contribution in [3.63, 3.8) is 0 Å². The van der Waals surface area contributed by atoms with Gasteiger partial charge in [0.05, 0.1) is 26.5 Å². The fourth-order valence-electron chi connectivity index (χ4n) is 4.01. The van der Waals surface area contributed by atoms with Crippen LogP contribution in [-0.4, -0.2) is 53.6 Å². The predicted molar refractivity (Wildman–Crippen MR) is 139 cm³/mol. The molecule has 1 aliphatic carbocycles. The highest BCUT2D eigenvalue weighted by molar-refractivity contribution is 5.94. The summed E-state index contributed by atoms with van der Waals surface area (Å²) in [6, 6.07) is 15.1. The van der Waals surface area contributed by atoms with Crippen LogP contribution in [0.5, 0.6) is 11.5 Å². The molecule has 2 aromatic carbocycles. The summed E-state index contributed by atoms with van der Waals surface area (Å²) >= 11 is 0. The number of ether oxygens (including phenoxy) is 2. The molecule has 1 N–H and O–H groups in total. The maximum atomic E-state index is 13.1. The second kappa shape index (κ2) is 11.3. The lowest BCUT2D eigenvalue weighted by atomic mass is 10.1. The Kier molecular flexibility index (Phi) is 7.93. The Morgan fingerprint density at radius 3 is 2.44 bits per heavy atom. The molecular weight excluding hydrogens is 456 g/mol. The minimum Gasteiger partial charge on any atom is -0.497 e. The van der Waals surface area contributed by atoms with Gasteiger partial charge in [-0.15, -0.1) is 0 Å². The van der Waals surface area contributed by atoms with Crippen molar-refractivity contribution in [1.29, 1.82) is 0 Å². The zero-order valence-corrected chi connectivity index (χ0v) is 21.4. The number of aromatic nitrogens is 2. The summed E-state index contributed by atoms with van der Waals surface area (Å²) in [7, 11) is 3.24. The van der Waals surface area contributed by atoms with Crippen LogP contribution in [0.1, 0.15) is 33.1 Å². The first-order valence-electron chi connectivity index (χ1n) is 12.3. The first-order chi connectivity index (χ1) is 17.4. The minimum absolute atomic E-state index is 0.00597. The second-order valence-electron chi connectivity index (χ2n) is 9.61. The minimum atomic E-state index is -0.273. The van der Waals surface area contributed by atoms with Crippen molar-refractivity contribution < 1.29 is 19.1 Å². The zero-order chi connectivity index (χ0) is 25.7. The Bertz CT molecular complexity index is 1200. The molecule has 8 heteroatoms. The highest BCUT2D eigenvalue weighted by Crippen LogP contribution is 2.30. The molecule has 1 fully saturated rings. The van der Waals surface area contributed by atoms with Gasteiger partial charge in [0.15, 0.2) is 0 Å². The van der Waals surface area contributed by atoms with Crippen LogP contribution in [0.25, 0.3) is 16.9 Å². The van der Waals surface area contributed by atoms with E-state index in [-0.39, 0.29) is 24.3 Å². The van der Waals surface area contributed by atoms with Crippen molar-refractivity contribution in [2.45, 2.75) is 33.1 Å². The summed E-state index contributed by atoms with van der Waals surface area (Å²) < 4.78 is 12.5. The highest BCUT2D eigenvalue weighted by atomic mass is 16.5. The lowest BCUT2D eigenvalue weighted by Gasteiger charge is -2.23. The Labute approximate surface area is 212 Å². The van der Waals surface area contributed by atoms with E-state index in [0.29, 0.717) is 30.5 Å². The largest absolute Gasteiger partial charge is 0.497 e. The van der Waals surface area contributed by atoms with Gasteiger partial charge in [-0.25, -0.2) is 4.98 Å². The number of nitrogens with zero attached hydrogens (tertiary/aromatic N) is 3. The van der Waals surface area contributed by atoms with Crippen LogP contribution in [0.15, 0.2) is 54.7 Å². The molecule has 1 saturated carbocycles. The number of carbonyl (C=O) groups is 2. The molecule has 1 aliphatic rings. The molecule has 3 aromatic rings. The molecule has 0 aliphatic heterocycles. The topological polar surface area (TPSA) is 85.7 Å². The molecule has 4 rings (SSSR count). The van der Waals surface area contributed by atoms with Crippen LogP contribution in [0.3, 0.4) is 0 Å². The number of benzene rings is 2. The van der Waals surface area contributed by atoms with Crippen molar-refractivity contribution in [3.05, 3.63) is 54.7 Å². The van der Waals surface area contributed by atoms with E-state index in [4.69, 9.17) is 14.5 Å². The maximum absolute atomic E-state index is 13.1. The fourth-order valence-corrected chi connectivity index (χ4v) is 4.01. The van der Waals surface area contributed by atoms with Gasteiger partial charge in [0.25, 0.3) is 0 Å². The summed E-state index contributed by atoms with van der Waals surface area (Å²) in [6.45, 7) is 4.66. The summed E-state index contributed by atoms with van der Waals surface area (Å²) in [4.78, 5) is 32.4. The number of amides is 2. The van der Waals surface area contributed by atoms with Gasteiger partial charge in [0.2, 0.25) is 17.8 Å². The van der Waals surface area contributed by atoms with E-state index < -0.39 is 0 Å². The van der Waals surface area contributed by atoms with Gasteiger partial charge in [-0.3, -0.25) is 19.5 Å². The SMILES string of the molecule is COc1ccc(-n2cc(-c3cccc(OC)c3)nc2NC(=O)CN(CC2CC2)C(=O)CC(C)C)cc1. The van der Waals surface area contributed by atoms with Crippen LogP contribution in [0.4, 0.5) is 5.95 Å². The number of nitrogens with one attached hydrogen (secondary N) is 1. The Morgan fingerprint density at radius 1 is 1.08 bits per heavy atom. The van der Waals surface area contributed by atoms with Crippen molar-refractivity contribution in [1.82, 2.24) is 14.5 Å². The van der Waals surface area contributed by atoms with E-state index in [0.717, 1.165) is 35.6 Å². The first-order valence-corrected chi connectivity index (χ1v) is 12.3. The van der Waals surface area contributed by atoms with Crippen LogP contribution < -0.4 is 14.8 Å². The highest BCUT2D eigenvalue weighted by Gasteiger charge is 2.28. The van der Waals surface area contributed by atoms with Crippen LogP contribution in [0.2, 0.25) is 0 Å². The Morgan fingerprint density at radius 2 is 1.81 bits per heavy atom. The molecule has 0 unspecified atom stereocenters. The van der Waals surface area contributed by atoms with Gasteiger partial charge in [-0.05, 0) is 61.1 Å². The third-order valence-electron chi connectivity index (χ3n) is 6.12. The van der Waals surface area contributed by atoms with Crippen molar-refractivity contribution in [2.75, 3.05) is 32.6 Å². The quantitative estimate of drug-likeness (QED) is 0.418. The number of hydrogen-bond donors (Lipinski definition) is 1. The van der Waals surface area contributed by atoms with Gasteiger partial charge in [0, 0.05) is 30.4 Å². The lowest BCUT2D eigenvalue weighted by Crippen LogP contribution is -2.40. The average Bonchev–Trinajstić information content (AvgIpc) is 3.60. The molecule has 2 amide bonds. The second-order valence-corrected chi connectivity index (χ2v) is 9.61. The number of imidazole rings is 1. The summed E-state index contributed by atoms with van der Waals surface area (Å²) in [6.07, 6.45) is 4.52. The van der Waals surface area contributed by atoms with Crippen molar-refractivity contribution in [2.24, 2.45) is 11.8 Å². The first kappa shape index (κ1) is 25.3. The average molecular weight is 491 g/mol. The van der Waals surface area contributed by atoms with Crippen molar-refractivity contribution in [3.8, 4) is 28.4 Å². The molecule has 0 spiro atoms. The van der Waals surface area contributed by atoms with Crippen molar-refractivity contribution >= 4 is 17.8 Å². The summed E-state index contributed by atoms with van der Waals surface area (Å²) in [5.41, 5.74) is 2.36. The molecule has 36 heavy (non-hydrogen) atoms. The summed E-state index contributed by atoms with van der Waals surface area (Å²) in [5, 5.41) is 2.95. The molecule has 0 atom stereocenters. The lowest BCUT2D eigenvalue weighted by molar-refractivity contribution is -0.135.